The summed E-state index contributed by atoms with van der Waals surface area (Å²) in [6, 6.07) is 24.3. The van der Waals surface area contributed by atoms with E-state index in [2.05, 4.69) is 0 Å². The quantitative estimate of drug-likeness (QED) is 0.256. The Balaban J connectivity index is 1.53. The summed E-state index contributed by atoms with van der Waals surface area (Å²) in [4.78, 5) is 15.5. The lowest BCUT2D eigenvalue weighted by molar-refractivity contribution is 0.0733. The van der Waals surface area contributed by atoms with Crippen molar-refractivity contribution >= 4 is 17.5 Å². The number of para-hydroxylation sites is 1. The Morgan fingerprint density at radius 1 is 1.03 bits per heavy atom. The molecule has 36 heavy (non-hydrogen) atoms. The number of carbonyl (C=O) groups excluding carboxylic acids is 1. The highest BCUT2D eigenvalue weighted by molar-refractivity contribution is 6.30. The molecule has 6 nitrogen and oxygen atoms in total. The molecule has 1 heterocycles. The maximum atomic E-state index is 13.6. The standard InChI is InChI=1S/C29H28ClN3O3/c1-20-27(19-32(18-21-11-12-21)28(34)22-13-15-25(35-2)16-14-22)29(36-26-9-4-3-5-10-26)33(31-20)24-8-6-7-23(30)17-24/h3-10,13-17,21H,11-12,18-19H2,1-2H3. The molecule has 0 atom stereocenters. The van der Waals surface area contributed by atoms with E-state index in [-0.39, 0.29) is 5.91 Å². The molecule has 1 aromatic heterocycles. The van der Waals surface area contributed by atoms with Crippen LogP contribution in [0.2, 0.25) is 5.02 Å². The Morgan fingerprint density at radius 2 is 1.78 bits per heavy atom. The highest BCUT2D eigenvalue weighted by Crippen LogP contribution is 2.35. The van der Waals surface area contributed by atoms with E-state index in [1.807, 2.05) is 90.7 Å². The number of rotatable bonds is 9. The summed E-state index contributed by atoms with van der Waals surface area (Å²) in [5.41, 5.74) is 3.07. The van der Waals surface area contributed by atoms with Crippen LogP contribution in [0.5, 0.6) is 17.4 Å². The molecule has 0 bridgehead atoms. The van der Waals surface area contributed by atoms with E-state index in [0.717, 1.165) is 35.5 Å². The summed E-state index contributed by atoms with van der Waals surface area (Å²) >= 11 is 6.29. The topological polar surface area (TPSA) is 56.6 Å². The van der Waals surface area contributed by atoms with Crippen molar-refractivity contribution in [3.8, 4) is 23.1 Å². The summed E-state index contributed by atoms with van der Waals surface area (Å²) < 4.78 is 13.4. The minimum Gasteiger partial charge on any atom is -0.497 e. The highest BCUT2D eigenvalue weighted by atomic mass is 35.5. The molecule has 1 aliphatic rings. The van der Waals surface area contributed by atoms with Gasteiger partial charge in [-0.1, -0.05) is 35.9 Å². The Hall–Kier alpha value is -3.77. The number of methoxy groups -OCH3 is 1. The Labute approximate surface area is 216 Å². The summed E-state index contributed by atoms with van der Waals surface area (Å²) in [6.07, 6.45) is 2.28. The number of amides is 1. The van der Waals surface area contributed by atoms with Gasteiger partial charge in [-0.2, -0.15) is 5.10 Å². The third kappa shape index (κ3) is 5.39. The van der Waals surface area contributed by atoms with Crippen LogP contribution in [0, 0.1) is 12.8 Å². The Bertz CT molecular complexity index is 1350. The third-order valence-electron chi connectivity index (χ3n) is 6.30. The predicted molar refractivity (Wildman–Crippen MR) is 140 cm³/mol. The van der Waals surface area contributed by atoms with Crippen molar-refractivity contribution in [2.75, 3.05) is 13.7 Å². The fourth-order valence-corrected chi connectivity index (χ4v) is 4.33. The Kier molecular flexibility index (Phi) is 6.96. The fourth-order valence-electron chi connectivity index (χ4n) is 4.15. The largest absolute Gasteiger partial charge is 0.497 e. The molecule has 1 saturated carbocycles. The van der Waals surface area contributed by atoms with Gasteiger partial charge in [0, 0.05) is 17.1 Å². The molecular weight excluding hydrogens is 474 g/mol. The first-order valence-electron chi connectivity index (χ1n) is 12.0. The monoisotopic (exact) mass is 501 g/mol. The van der Waals surface area contributed by atoms with Gasteiger partial charge in [0.25, 0.3) is 5.91 Å². The number of aromatic nitrogens is 2. The zero-order valence-electron chi connectivity index (χ0n) is 20.4. The maximum Gasteiger partial charge on any atom is 0.254 e. The number of hydrogen-bond acceptors (Lipinski definition) is 4. The summed E-state index contributed by atoms with van der Waals surface area (Å²) in [7, 11) is 1.62. The van der Waals surface area contributed by atoms with E-state index < -0.39 is 0 Å². The highest BCUT2D eigenvalue weighted by Gasteiger charge is 2.30. The lowest BCUT2D eigenvalue weighted by Gasteiger charge is -2.23. The Morgan fingerprint density at radius 3 is 2.44 bits per heavy atom. The van der Waals surface area contributed by atoms with Crippen molar-refractivity contribution in [1.82, 2.24) is 14.7 Å². The normalized spacial score (nSPS) is 12.9. The van der Waals surface area contributed by atoms with Crippen molar-refractivity contribution in [3.05, 3.63) is 101 Å². The zero-order chi connectivity index (χ0) is 25.1. The predicted octanol–water partition coefficient (Wildman–Crippen LogP) is 6.69. The number of halogens is 1. The first-order chi connectivity index (χ1) is 17.5. The molecule has 0 N–H and O–H groups in total. The van der Waals surface area contributed by atoms with Crippen LogP contribution in [0.15, 0.2) is 78.9 Å². The molecule has 5 rings (SSSR count). The maximum absolute atomic E-state index is 13.6. The first kappa shape index (κ1) is 23.9. The second-order valence-corrected chi connectivity index (χ2v) is 9.47. The van der Waals surface area contributed by atoms with Crippen LogP contribution in [0.25, 0.3) is 5.69 Å². The van der Waals surface area contributed by atoms with Crippen molar-refractivity contribution < 1.29 is 14.3 Å². The average molecular weight is 502 g/mol. The number of hydrogen-bond donors (Lipinski definition) is 0. The second kappa shape index (κ2) is 10.5. The number of nitrogens with zero attached hydrogens (tertiary/aromatic N) is 3. The van der Waals surface area contributed by atoms with Crippen molar-refractivity contribution in [1.29, 1.82) is 0 Å². The molecule has 1 aliphatic carbocycles. The molecular formula is C29H28ClN3O3. The minimum absolute atomic E-state index is 0.0230. The van der Waals surface area contributed by atoms with E-state index in [0.29, 0.717) is 41.2 Å². The van der Waals surface area contributed by atoms with Gasteiger partial charge in [-0.05, 0) is 80.3 Å². The van der Waals surface area contributed by atoms with E-state index in [1.54, 1.807) is 11.8 Å². The molecule has 0 saturated heterocycles. The van der Waals surface area contributed by atoms with Gasteiger partial charge in [0.2, 0.25) is 5.88 Å². The van der Waals surface area contributed by atoms with E-state index >= 15 is 0 Å². The van der Waals surface area contributed by atoms with Crippen LogP contribution in [-0.4, -0.2) is 34.2 Å². The molecule has 3 aromatic carbocycles. The van der Waals surface area contributed by atoms with Gasteiger partial charge >= 0.3 is 0 Å². The molecule has 0 aliphatic heterocycles. The molecule has 0 radical (unpaired) electrons. The van der Waals surface area contributed by atoms with Gasteiger partial charge in [-0.15, -0.1) is 0 Å². The number of benzene rings is 3. The molecule has 4 aromatic rings. The molecule has 7 heteroatoms. The van der Waals surface area contributed by atoms with Gasteiger partial charge in [-0.25, -0.2) is 4.68 Å². The van der Waals surface area contributed by atoms with Gasteiger partial charge < -0.3 is 14.4 Å². The molecule has 1 fully saturated rings. The van der Waals surface area contributed by atoms with Gasteiger partial charge in [-0.3, -0.25) is 4.79 Å². The summed E-state index contributed by atoms with van der Waals surface area (Å²) in [6.45, 7) is 3.02. The molecule has 1 amide bonds. The number of aryl methyl sites for hydroxylation is 1. The fraction of sp³-hybridized carbons (Fsp3) is 0.241. The van der Waals surface area contributed by atoms with E-state index in [4.69, 9.17) is 26.2 Å². The molecule has 0 spiro atoms. The number of carbonyl (C=O) groups is 1. The lowest BCUT2D eigenvalue weighted by atomic mass is 10.1. The van der Waals surface area contributed by atoms with Gasteiger partial charge in [0.1, 0.15) is 11.5 Å². The minimum atomic E-state index is -0.0230. The van der Waals surface area contributed by atoms with E-state index in [9.17, 15) is 4.79 Å². The van der Waals surface area contributed by atoms with Crippen LogP contribution >= 0.6 is 11.6 Å². The SMILES string of the molecule is COc1ccc(C(=O)N(Cc2c(C)nn(-c3cccc(Cl)c3)c2Oc2ccccc2)CC2CC2)cc1. The smallest absolute Gasteiger partial charge is 0.254 e. The molecule has 184 valence electrons. The third-order valence-corrected chi connectivity index (χ3v) is 6.53. The van der Waals surface area contributed by atoms with Crippen LogP contribution < -0.4 is 9.47 Å². The average Bonchev–Trinajstić information content (AvgIpc) is 3.67. The molecule has 0 unspecified atom stereocenters. The van der Waals surface area contributed by atoms with Gasteiger partial charge in [0.05, 0.1) is 30.6 Å². The lowest BCUT2D eigenvalue weighted by Crippen LogP contribution is -2.32. The van der Waals surface area contributed by atoms with Crippen LogP contribution in [0.1, 0.15) is 34.5 Å². The second-order valence-electron chi connectivity index (χ2n) is 9.03. The van der Waals surface area contributed by atoms with Crippen LogP contribution in [-0.2, 0) is 6.54 Å². The van der Waals surface area contributed by atoms with Crippen molar-refractivity contribution in [2.45, 2.75) is 26.3 Å². The zero-order valence-corrected chi connectivity index (χ0v) is 21.1. The summed E-state index contributed by atoms with van der Waals surface area (Å²) in [5.74, 6) is 2.48. The van der Waals surface area contributed by atoms with Crippen LogP contribution in [0.4, 0.5) is 0 Å². The van der Waals surface area contributed by atoms with Crippen LogP contribution in [0.3, 0.4) is 0 Å². The van der Waals surface area contributed by atoms with Crippen molar-refractivity contribution in [3.63, 3.8) is 0 Å². The van der Waals surface area contributed by atoms with E-state index in [1.165, 1.54) is 0 Å². The van der Waals surface area contributed by atoms with Gasteiger partial charge in [0.15, 0.2) is 0 Å². The first-order valence-corrected chi connectivity index (χ1v) is 12.4. The summed E-state index contributed by atoms with van der Waals surface area (Å²) in [5, 5.41) is 5.41. The van der Waals surface area contributed by atoms with Crippen molar-refractivity contribution in [2.24, 2.45) is 5.92 Å². The number of ether oxygens (including phenoxy) is 2.